The van der Waals surface area contributed by atoms with Crippen LogP contribution in [0.3, 0.4) is 0 Å². The van der Waals surface area contributed by atoms with E-state index < -0.39 is 0 Å². The van der Waals surface area contributed by atoms with E-state index in [4.69, 9.17) is 0 Å². The maximum atomic E-state index is 4.58. The Bertz CT molecular complexity index is 92.7. The first-order chi connectivity index (χ1) is 3.77. The zero-order chi connectivity index (χ0) is 6.41. The van der Waals surface area contributed by atoms with Crippen molar-refractivity contribution >= 4 is 6.72 Å². The third-order valence-electron chi connectivity index (χ3n) is 0.657. The smallest absolute Gasteiger partial charge is 0.135 e. The highest BCUT2D eigenvalue weighted by Crippen LogP contribution is 1.87. The Kier molecular flexibility index (Phi) is 3.94. The average Bonchev–Trinajstić information content (AvgIpc) is 1.66. The van der Waals surface area contributed by atoms with E-state index in [1.807, 2.05) is 19.9 Å². The molecule has 0 aromatic carbocycles. The summed E-state index contributed by atoms with van der Waals surface area (Å²) in [5.74, 6) is 0. The number of nitrogens with zero attached hydrogens (tertiary/aromatic N) is 1. The third-order valence-corrected chi connectivity index (χ3v) is 0.657. The maximum Gasteiger partial charge on any atom is 0.135 e. The molecule has 0 spiro atoms. The molecule has 0 saturated heterocycles. The molecule has 0 aliphatic rings. The molecule has 2 heteroatoms. The molecule has 0 aromatic rings. The highest BCUT2D eigenvalue weighted by atomic mass is 16.6. The second-order valence-corrected chi connectivity index (χ2v) is 1.71. The van der Waals surface area contributed by atoms with Gasteiger partial charge in [0.15, 0.2) is 0 Å². The molecule has 0 bridgehead atoms. The Labute approximate surface area is 49.8 Å². The normalized spacial score (nSPS) is 7.75. The van der Waals surface area contributed by atoms with E-state index in [-0.39, 0.29) is 0 Å². The van der Waals surface area contributed by atoms with Gasteiger partial charge in [0.05, 0.1) is 0 Å². The standard InChI is InChI=1S/C6H11NO/c1-6(2)4-5-8-7-3/h4H,3,5H2,1-2H3. The fraction of sp³-hybridized carbons (Fsp3) is 0.500. The fourth-order valence-electron chi connectivity index (χ4n) is 0.257. The molecule has 0 saturated carbocycles. The van der Waals surface area contributed by atoms with Gasteiger partial charge in [0, 0.05) is 6.72 Å². The van der Waals surface area contributed by atoms with Gasteiger partial charge in [-0.05, 0) is 19.9 Å². The summed E-state index contributed by atoms with van der Waals surface area (Å²) in [5.41, 5.74) is 1.23. The van der Waals surface area contributed by atoms with Crippen LogP contribution in [0.1, 0.15) is 13.8 Å². The highest BCUT2D eigenvalue weighted by molar-refractivity contribution is 5.21. The first kappa shape index (κ1) is 7.21. The van der Waals surface area contributed by atoms with Crippen molar-refractivity contribution in [3.8, 4) is 0 Å². The molecule has 0 atom stereocenters. The van der Waals surface area contributed by atoms with Crippen molar-refractivity contribution in [1.29, 1.82) is 0 Å². The molecule has 0 aliphatic heterocycles. The highest BCUT2D eigenvalue weighted by Gasteiger charge is 1.74. The van der Waals surface area contributed by atoms with Crippen LogP contribution in [0.2, 0.25) is 0 Å². The summed E-state index contributed by atoms with van der Waals surface area (Å²) >= 11 is 0. The van der Waals surface area contributed by atoms with Crippen LogP contribution in [-0.4, -0.2) is 13.3 Å². The quantitative estimate of drug-likeness (QED) is 0.236. The van der Waals surface area contributed by atoms with Gasteiger partial charge in [0.2, 0.25) is 0 Å². The zero-order valence-electron chi connectivity index (χ0n) is 5.35. The number of allylic oxidation sites excluding steroid dienone is 1. The fourth-order valence-corrected chi connectivity index (χ4v) is 0.257. The van der Waals surface area contributed by atoms with Crippen molar-refractivity contribution in [3.05, 3.63) is 11.6 Å². The van der Waals surface area contributed by atoms with Crippen LogP contribution in [-0.2, 0) is 4.84 Å². The molecule has 0 fully saturated rings. The molecular formula is C6H11NO. The summed E-state index contributed by atoms with van der Waals surface area (Å²) < 4.78 is 0. The van der Waals surface area contributed by atoms with Crippen molar-refractivity contribution < 1.29 is 4.84 Å². The summed E-state index contributed by atoms with van der Waals surface area (Å²) in [7, 11) is 0. The largest absolute Gasteiger partial charge is 0.392 e. The van der Waals surface area contributed by atoms with E-state index in [0.717, 1.165) is 0 Å². The second kappa shape index (κ2) is 4.37. The molecule has 0 rings (SSSR count). The molecular weight excluding hydrogens is 102 g/mol. The summed E-state index contributed by atoms with van der Waals surface area (Å²) in [4.78, 5) is 4.58. The van der Waals surface area contributed by atoms with Crippen molar-refractivity contribution in [1.82, 2.24) is 0 Å². The lowest BCUT2D eigenvalue weighted by Crippen LogP contribution is -1.80. The van der Waals surface area contributed by atoms with Crippen LogP contribution in [0.25, 0.3) is 0 Å². The van der Waals surface area contributed by atoms with Crippen LogP contribution in [0.15, 0.2) is 16.8 Å². The minimum atomic E-state index is 0.534. The first-order valence-electron chi connectivity index (χ1n) is 2.48. The van der Waals surface area contributed by atoms with Gasteiger partial charge in [0.1, 0.15) is 6.61 Å². The van der Waals surface area contributed by atoms with Crippen LogP contribution in [0.4, 0.5) is 0 Å². The second-order valence-electron chi connectivity index (χ2n) is 1.71. The minimum absolute atomic E-state index is 0.534. The average molecular weight is 113 g/mol. The molecule has 0 aliphatic carbocycles. The molecule has 0 radical (unpaired) electrons. The van der Waals surface area contributed by atoms with E-state index in [9.17, 15) is 0 Å². The Morgan fingerprint density at radius 1 is 1.75 bits per heavy atom. The zero-order valence-corrected chi connectivity index (χ0v) is 5.35. The number of hydrogen-bond acceptors (Lipinski definition) is 2. The minimum Gasteiger partial charge on any atom is -0.392 e. The van der Waals surface area contributed by atoms with Gasteiger partial charge < -0.3 is 4.84 Å². The van der Waals surface area contributed by atoms with Gasteiger partial charge >= 0.3 is 0 Å². The topological polar surface area (TPSA) is 21.6 Å². The molecule has 46 valence electrons. The number of rotatable bonds is 3. The van der Waals surface area contributed by atoms with E-state index >= 15 is 0 Å². The summed E-state index contributed by atoms with van der Waals surface area (Å²) in [5, 5.41) is 3.21. The summed E-state index contributed by atoms with van der Waals surface area (Å²) in [6.07, 6.45) is 1.94. The van der Waals surface area contributed by atoms with Crippen LogP contribution in [0.5, 0.6) is 0 Å². The Balaban J connectivity index is 3.15. The van der Waals surface area contributed by atoms with Gasteiger partial charge in [-0.3, -0.25) is 0 Å². The predicted octanol–water partition coefficient (Wildman–Crippen LogP) is 1.58. The number of oxime groups is 1. The lowest BCUT2D eigenvalue weighted by molar-refractivity contribution is 0.177. The van der Waals surface area contributed by atoms with Crippen molar-refractivity contribution in [3.63, 3.8) is 0 Å². The lowest BCUT2D eigenvalue weighted by atomic mass is 10.3. The van der Waals surface area contributed by atoms with E-state index in [1.54, 1.807) is 0 Å². The summed E-state index contributed by atoms with van der Waals surface area (Å²) in [6.45, 7) is 7.70. The van der Waals surface area contributed by atoms with Gasteiger partial charge in [0.25, 0.3) is 0 Å². The monoisotopic (exact) mass is 113 g/mol. The predicted molar refractivity (Wildman–Crippen MR) is 34.9 cm³/mol. The molecule has 0 aromatic heterocycles. The molecule has 0 heterocycles. The van der Waals surface area contributed by atoms with Crippen molar-refractivity contribution in [2.75, 3.05) is 6.61 Å². The maximum absolute atomic E-state index is 4.58. The summed E-state index contributed by atoms with van der Waals surface area (Å²) in [6, 6.07) is 0. The first-order valence-corrected chi connectivity index (χ1v) is 2.48. The number of hydrogen-bond donors (Lipinski definition) is 0. The molecule has 0 N–H and O–H groups in total. The molecule has 0 unspecified atom stereocenters. The van der Waals surface area contributed by atoms with Crippen molar-refractivity contribution in [2.45, 2.75) is 13.8 Å². The van der Waals surface area contributed by atoms with E-state index in [2.05, 4.69) is 16.7 Å². The van der Waals surface area contributed by atoms with Crippen molar-refractivity contribution in [2.24, 2.45) is 5.16 Å². The molecule has 8 heavy (non-hydrogen) atoms. The Morgan fingerprint density at radius 3 is 2.75 bits per heavy atom. The Morgan fingerprint density at radius 2 is 2.38 bits per heavy atom. The SMILES string of the molecule is C=NOCC=C(C)C. The van der Waals surface area contributed by atoms with Gasteiger partial charge in [-0.2, -0.15) is 0 Å². The van der Waals surface area contributed by atoms with Crippen LogP contribution >= 0.6 is 0 Å². The third kappa shape index (κ3) is 5.21. The Hall–Kier alpha value is -0.790. The van der Waals surface area contributed by atoms with Crippen LogP contribution < -0.4 is 0 Å². The molecule has 0 amide bonds. The van der Waals surface area contributed by atoms with E-state index in [1.165, 1.54) is 5.57 Å². The van der Waals surface area contributed by atoms with Gasteiger partial charge in [-0.15, -0.1) is 5.16 Å². The van der Waals surface area contributed by atoms with Gasteiger partial charge in [-0.25, -0.2) is 0 Å². The lowest BCUT2D eigenvalue weighted by Gasteiger charge is -1.89. The van der Waals surface area contributed by atoms with Crippen LogP contribution in [0, 0.1) is 0 Å². The molecule has 2 nitrogen and oxygen atoms in total. The van der Waals surface area contributed by atoms with E-state index in [0.29, 0.717) is 6.61 Å². The van der Waals surface area contributed by atoms with Gasteiger partial charge in [-0.1, -0.05) is 5.57 Å².